The maximum atomic E-state index is 11.7. The predicted octanol–water partition coefficient (Wildman–Crippen LogP) is 2.77. The van der Waals surface area contributed by atoms with Crippen molar-refractivity contribution in [2.24, 2.45) is 0 Å². The molecule has 0 atom stereocenters. The van der Waals surface area contributed by atoms with Crippen molar-refractivity contribution < 1.29 is 9.59 Å². The van der Waals surface area contributed by atoms with Gasteiger partial charge in [0.1, 0.15) is 5.78 Å². The molecular weight excluding hydrogens is 188 g/mol. The van der Waals surface area contributed by atoms with Gasteiger partial charge in [-0.3, -0.25) is 9.59 Å². The molecule has 0 aliphatic heterocycles. The van der Waals surface area contributed by atoms with Gasteiger partial charge in [0, 0.05) is 5.56 Å². The van der Waals surface area contributed by atoms with E-state index in [2.05, 4.69) is 0 Å². The van der Waals surface area contributed by atoms with Crippen LogP contribution in [0.1, 0.15) is 40.4 Å². The molecular formula is C13H16O2. The van der Waals surface area contributed by atoms with Gasteiger partial charge < -0.3 is 0 Å². The van der Waals surface area contributed by atoms with E-state index in [-0.39, 0.29) is 18.0 Å². The number of hydrogen-bond acceptors (Lipinski definition) is 2. The molecule has 1 rings (SSSR count). The Balaban J connectivity index is 3.11. The molecule has 0 fully saturated rings. The van der Waals surface area contributed by atoms with Crippen LogP contribution in [0.2, 0.25) is 0 Å². The zero-order chi connectivity index (χ0) is 11.6. The number of aryl methyl sites for hydroxylation is 1. The molecule has 2 heteroatoms. The molecule has 0 aliphatic rings. The molecule has 2 nitrogen and oxygen atoms in total. The van der Waals surface area contributed by atoms with Crippen LogP contribution in [0.3, 0.4) is 0 Å². The van der Waals surface area contributed by atoms with Crippen LogP contribution in [-0.4, -0.2) is 11.6 Å². The number of rotatable bonds is 3. The van der Waals surface area contributed by atoms with Gasteiger partial charge in [0.2, 0.25) is 0 Å². The average molecular weight is 204 g/mol. The Morgan fingerprint density at radius 1 is 1.07 bits per heavy atom. The molecule has 15 heavy (non-hydrogen) atoms. The van der Waals surface area contributed by atoms with Crippen LogP contribution < -0.4 is 0 Å². The van der Waals surface area contributed by atoms with Crippen LogP contribution in [0.4, 0.5) is 0 Å². The minimum atomic E-state index is -0.0855. The molecule has 1 aromatic rings. The Bertz CT molecular complexity index is 417. The van der Waals surface area contributed by atoms with Crippen LogP contribution in [0, 0.1) is 20.8 Å². The first-order valence-electron chi connectivity index (χ1n) is 5.03. The highest BCUT2D eigenvalue weighted by atomic mass is 16.1. The zero-order valence-corrected chi connectivity index (χ0v) is 9.68. The minimum absolute atomic E-state index is 0.00331. The third-order valence-corrected chi connectivity index (χ3v) is 2.77. The van der Waals surface area contributed by atoms with Crippen molar-refractivity contribution in [3.63, 3.8) is 0 Å². The molecule has 0 aromatic heterocycles. The Morgan fingerprint density at radius 2 is 1.67 bits per heavy atom. The number of ketones is 2. The highest BCUT2D eigenvalue weighted by Crippen LogP contribution is 2.18. The van der Waals surface area contributed by atoms with Crippen molar-refractivity contribution in [2.75, 3.05) is 0 Å². The van der Waals surface area contributed by atoms with Gasteiger partial charge in [0.15, 0.2) is 5.78 Å². The lowest BCUT2D eigenvalue weighted by atomic mass is 9.95. The van der Waals surface area contributed by atoms with Gasteiger partial charge in [-0.15, -0.1) is 0 Å². The van der Waals surface area contributed by atoms with Gasteiger partial charge in [0.25, 0.3) is 0 Å². The fourth-order valence-electron chi connectivity index (χ4n) is 1.58. The third-order valence-electron chi connectivity index (χ3n) is 2.77. The van der Waals surface area contributed by atoms with E-state index in [9.17, 15) is 9.59 Å². The first-order chi connectivity index (χ1) is 6.93. The van der Waals surface area contributed by atoms with Crippen LogP contribution in [0.5, 0.6) is 0 Å². The number of carbonyl (C=O) groups is 2. The Labute approximate surface area is 90.3 Å². The maximum absolute atomic E-state index is 11.7. The first kappa shape index (κ1) is 11.6. The number of hydrogen-bond donors (Lipinski definition) is 0. The lowest BCUT2D eigenvalue weighted by Crippen LogP contribution is -2.08. The second-order valence-electron chi connectivity index (χ2n) is 3.98. The topological polar surface area (TPSA) is 34.1 Å². The monoisotopic (exact) mass is 204 g/mol. The van der Waals surface area contributed by atoms with Gasteiger partial charge >= 0.3 is 0 Å². The minimum Gasteiger partial charge on any atom is -0.300 e. The van der Waals surface area contributed by atoms with E-state index in [1.54, 1.807) is 0 Å². The summed E-state index contributed by atoms with van der Waals surface area (Å²) in [5.74, 6) is -0.166. The van der Waals surface area contributed by atoms with Crippen molar-refractivity contribution in [1.29, 1.82) is 0 Å². The summed E-state index contributed by atoms with van der Waals surface area (Å²) in [6.45, 7) is 7.38. The maximum Gasteiger partial charge on any atom is 0.170 e. The quantitative estimate of drug-likeness (QED) is 0.560. The van der Waals surface area contributed by atoms with Crippen molar-refractivity contribution in [1.82, 2.24) is 0 Å². The van der Waals surface area contributed by atoms with E-state index in [0.29, 0.717) is 5.56 Å². The van der Waals surface area contributed by atoms with Gasteiger partial charge in [-0.2, -0.15) is 0 Å². The average Bonchev–Trinajstić information content (AvgIpc) is 2.13. The van der Waals surface area contributed by atoms with Crippen LogP contribution in [0.25, 0.3) is 0 Å². The molecule has 0 unspecified atom stereocenters. The molecule has 0 aliphatic carbocycles. The second kappa shape index (κ2) is 4.39. The van der Waals surface area contributed by atoms with Crippen molar-refractivity contribution in [3.05, 3.63) is 34.4 Å². The SMILES string of the molecule is CC(=O)CC(=O)c1ccc(C)c(C)c1C. The van der Waals surface area contributed by atoms with Crippen molar-refractivity contribution in [3.8, 4) is 0 Å². The van der Waals surface area contributed by atoms with Gasteiger partial charge in [-0.05, 0) is 44.4 Å². The molecule has 1 aromatic carbocycles. The summed E-state index contributed by atoms with van der Waals surface area (Å²) in [5.41, 5.74) is 3.96. The van der Waals surface area contributed by atoms with Crippen molar-refractivity contribution >= 4 is 11.6 Å². The first-order valence-corrected chi connectivity index (χ1v) is 5.03. The zero-order valence-electron chi connectivity index (χ0n) is 9.68. The molecule has 0 amide bonds. The van der Waals surface area contributed by atoms with E-state index in [1.165, 1.54) is 12.5 Å². The fraction of sp³-hybridized carbons (Fsp3) is 0.385. The van der Waals surface area contributed by atoms with Crippen molar-refractivity contribution in [2.45, 2.75) is 34.1 Å². The van der Waals surface area contributed by atoms with E-state index in [1.807, 2.05) is 32.9 Å². The molecule has 0 radical (unpaired) electrons. The molecule has 0 bridgehead atoms. The Hall–Kier alpha value is -1.44. The Kier molecular flexibility index (Phi) is 3.40. The largest absolute Gasteiger partial charge is 0.300 e. The second-order valence-corrected chi connectivity index (χ2v) is 3.98. The van der Waals surface area contributed by atoms with Gasteiger partial charge in [-0.25, -0.2) is 0 Å². The smallest absolute Gasteiger partial charge is 0.170 e. The standard InChI is InChI=1S/C13H16O2/c1-8-5-6-12(11(4)10(8)3)13(15)7-9(2)14/h5-6H,7H2,1-4H3. The summed E-state index contributed by atoms with van der Waals surface area (Å²) >= 11 is 0. The van der Waals surface area contributed by atoms with Crippen LogP contribution in [0.15, 0.2) is 12.1 Å². The summed E-state index contributed by atoms with van der Waals surface area (Å²) in [4.78, 5) is 22.6. The molecule has 0 heterocycles. The normalized spacial score (nSPS) is 10.1. The molecule has 0 spiro atoms. The molecule has 0 saturated carbocycles. The summed E-state index contributed by atoms with van der Waals surface area (Å²) in [6, 6.07) is 3.73. The number of Topliss-reactive ketones (excluding diaryl/α,β-unsaturated/α-hetero) is 2. The van der Waals surface area contributed by atoms with Crippen LogP contribution in [-0.2, 0) is 4.79 Å². The summed E-state index contributed by atoms with van der Waals surface area (Å²) < 4.78 is 0. The van der Waals surface area contributed by atoms with E-state index in [0.717, 1.165) is 11.1 Å². The number of benzene rings is 1. The number of carbonyl (C=O) groups excluding carboxylic acids is 2. The van der Waals surface area contributed by atoms with Gasteiger partial charge in [-0.1, -0.05) is 12.1 Å². The molecule has 0 saturated heterocycles. The van der Waals surface area contributed by atoms with Gasteiger partial charge in [0.05, 0.1) is 6.42 Å². The fourth-order valence-corrected chi connectivity index (χ4v) is 1.58. The highest BCUT2D eigenvalue weighted by molar-refractivity contribution is 6.08. The van der Waals surface area contributed by atoms with E-state index < -0.39 is 0 Å². The van der Waals surface area contributed by atoms with E-state index in [4.69, 9.17) is 0 Å². The van der Waals surface area contributed by atoms with E-state index >= 15 is 0 Å². The molecule has 80 valence electrons. The lowest BCUT2D eigenvalue weighted by molar-refractivity contribution is -0.116. The molecule has 0 N–H and O–H groups in total. The summed E-state index contributed by atoms with van der Waals surface area (Å²) in [5, 5.41) is 0. The summed E-state index contributed by atoms with van der Waals surface area (Å²) in [6.07, 6.45) is 0.00331. The third kappa shape index (κ3) is 2.52. The predicted molar refractivity (Wildman–Crippen MR) is 60.3 cm³/mol. The highest BCUT2D eigenvalue weighted by Gasteiger charge is 2.12. The summed E-state index contributed by atoms with van der Waals surface area (Å²) in [7, 11) is 0. The Morgan fingerprint density at radius 3 is 2.20 bits per heavy atom. The lowest BCUT2D eigenvalue weighted by Gasteiger charge is -2.09. The van der Waals surface area contributed by atoms with Crippen LogP contribution >= 0.6 is 0 Å².